The van der Waals surface area contributed by atoms with Crippen molar-refractivity contribution in [2.24, 2.45) is 0 Å². The minimum absolute atomic E-state index is 0.0890. The maximum Gasteiger partial charge on any atom is 0.270 e. The summed E-state index contributed by atoms with van der Waals surface area (Å²) in [6.07, 6.45) is 0. The zero-order valence-electron chi connectivity index (χ0n) is 11.8. The lowest BCUT2D eigenvalue weighted by Gasteiger charge is -1.99. The normalized spacial score (nSPS) is 10.6. The van der Waals surface area contributed by atoms with E-state index in [1.54, 1.807) is 12.1 Å². The van der Waals surface area contributed by atoms with Crippen molar-refractivity contribution in [1.29, 1.82) is 0 Å². The molecule has 0 aliphatic heterocycles. The number of hydrogen-bond acceptors (Lipinski definition) is 2. The quantitative estimate of drug-likeness (QED) is 0.532. The van der Waals surface area contributed by atoms with Gasteiger partial charge in [0.05, 0.1) is 4.92 Å². The van der Waals surface area contributed by atoms with Gasteiger partial charge in [0.1, 0.15) is 0 Å². The number of H-pyrrole nitrogens is 1. The molecule has 0 aliphatic carbocycles. The molecule has 3 aromatic rings. The molecule has 0 fully saturated rings. The molecule has 0 aliphatic rings. The van der Waals surface area contributed by atoms with Crippen molar-refractivity contribution in [3.63, 3.8) is 0 Å². The lowest BCUT2D eigenvalue weighted by Crippen LogP contribution is -1.88. The number of non-ortho nitro benzene ring substituents is 1. The summed E-state index contributed by atoms with van der Waals surface area (Å²) >= 11 is 5.90. The van der Waals surface area contributed by atoms with Crippen LogP contribution in [0.5, 0.6) is 0 Å². The van der Waals surface area contributed by atoms with Crippen molar-refractivity contribution in [2.75, 3.05) is 0 Å². The first-order valence-corrected chi connectivity index (χ1v) is 7.13. The first-order chi connectivity index (χ1) is 10.5. The fourth-order valence-corrected chi connectivity index (χ4v) is 2.56. The second-order valence-corrected chi connectivity index (χ2v) is 5.47. The van der Waals surface area contributed by atoms with E-state index in [1.807, 2.05) is 43.3 Å². The van der Waals surface area contributed by atoms with E-state index in [4.69, 9.17) is 11.6 Å². The van der Waals surface area contributed by atoms with Gasteiger partial charge in [-0.25, -0.2) is 0 Å². The smallest absolute Gasteiger partial charge is 0.270 e. The summed E-state index contributed by atoms with van der Waals surface area (Å²) in [7, 11) is 0. The molecule has 22 heavy (non-hydrogen) atoms. The van der Waals surface area contributed by atoms with Gasteiger partial charge in [-0.15, -0.1) is 0 Å². The predicted molar refractivity (Wildman–Crippen MR) is 88.1 cm³/mol. The van der Waals surface area contributed by atoms with Gasteiger partial charge >= 0.3 is 0 Å². The number of aryl methyl sites for hydroxylation is 1. The highest BCUT2D eigenvalue weighted by Gasteiger charge is 2.12. The van der Waals surface area contributed by atoms with Gasteiger partial charge < -0.3 is 4.98 Å². The molecule has 0 radical (unpaired) electrons. The first-order valence-electron chi connectivity index (χ1n) is 6.75. The molecule has 0 unspecified atom stereocenters. The number of aromatic amines is 1. The Labute approximate surface area is 132 Å². The maximum atomic E-state index is 10.9. The summed E-state index contributed by atoms with van der Waals surface area (Å²) in [6.45, 7) is 1.95. The van der Waals surface area contributed by atoms with Crippen LogP contribution in [-0.2, 0) is 0 Å². The maximum absolute atomic E-state index is 10.9. The van der Waals surface area contributed by atoms with Crippen molar-refractivity contribution >= 4 is 17.3 Å². The predicted octanol–water partition coefficient (Wildman–Crippen LogP) is 5.22. The Bertz CT molecular complexity index is 838. The zero-order chi connectivity index (χ0) is 15.7. The van der Waals surface area contributed by atoms with Crippen LogP contribution in [0.2, 0.25) is 5.02 Å². The number of rotatable bonds is 3. The van der Waals surface area contributed by atoms with Gasteiger partial charge in [0, 0.05) is 34.1 Å². The number of benzene rings is 2. The number of halogens is 1. The molecule has 4 nitrogen and oxygen atoms in total. The molecule has 1 aromatic heterocycles. The van der Waals surface area contributed by atoms with Crippen LogP contribution in [0.25, 0.3) is 22.4 Å². The summed E-state index contributed by atoms with van der Waals surface area (Å²) in [6, 6.07) is 16.2. The number of nitrogens with one attached hydrogen (secondary N) is 1. The second-order valence-electron chi connectivity index (χ2n) is 5.04. The fraction of sp³-hybridized carbons (Fsp3) is 0.0588. The van der Waals surface area contributed by atoms with Crippen LogP contribution in [0.15, 0.2) is 54.6 Å². The van der Waals surface area contributed by atoms with E-state index < -0.39 is 0 Å². The first kappa shape index (κ1) is 14.4. The molecule has 110 valence electrons. The highest BCUT2D eigenvalue weighted by molar-refractivity contribution is 6.30. The van der Waals surface area contributed by atoms with Crippen LogP contribution in [0, 0.1) is 17.0 Å². The topological polar surface area (TPSA) is 58.9 Å². The minimum Gasteiger partial charge on any atom is -0.358 e. The van der Waals surface area contributed by atoms with E-state index in [9.17, 15) is 10.1 Å². The average molecular weight is 313 g/mol. The van der Waals surface area contributed by atoms with Gasteiger partial charge in [-0.2, -0.15) is 0 Å². The SMILES string of the molecule is Cc1[nH]c(-c2ccc(Cl)cc2)cc1-c1cccc([N+](=O)[O-])c1. The lowest BCUT2D eigenvalue weighted by molar-refractivity contribution is -0.384. The Balaban J connectivity index is 2.04. The monoisotopic (exact) mass is 312 g/mol. The number of nitrogens with zero attached hydrogens (tertiary/aromatic N) is 1. The standard InChI is InChI=1S/C17H13ClN2O2/c1-11-16(13-3-2-4-15(9-13)20(21)22)10-17(19-11)12-5-7-14(18)8-6-12/h2-10,19H,1H3. The van der Waals surface area contributed by atoms with Crippen molar-refractivity contribution in [2.45, 2.75) is 6.92 Å². The Morgan fingerprint density at radius 3 is 2.45 bits per heavy atom. The van der Waals surface area contributed by atoms with Gasteiger partial charge in [-0.3, -0.25) is 10.1 Å². The lowest BCUT2D eigenvalue weighted by atomic mass is 10.0. The summed E-state index contributed by atoms with van der Waals surface area (Å²) in [5.41, 5.74) is 4.80. The van der Waals surface area contributed by atoms with Gasteiger partial charge in [0.15, 0.2) is 0 Å². The van der Waals surface area contributed by atoms with E-state index >= 15 is 0 Å². The molecule has 1 heterocycles. The van der Waals surface area contributed by atoms with Gasteiger partial charge in [-0.05, 0) is 36.2 Å². The molecule has 0 saturated heterocycles. The second kappa shape index (κ2) is 5.66. The highest BCUT2D eigenvalue weighted by atomic mass is 35.5. The molecule has 0 bridgehead atoms. The Morgan fingerprint density at radius 1 is 1.05 bits per heavy atom. The van der Waals surface area contributed by atoms with E-state index in [0.29, 0.717) is 5.02 Å². The van der Waals surface area contributed by atoms with E-state index in [1.165, 1.54) is 6.07 Å². The van der Waals surface area contributed by atoms with E-state index in [0.717, 1.165) is 28.1 Å². The number of aromatic nitrogens is 1. The van der Waals surface area contributed by atoms with Crippen molar-refractivity contribution in [3.8, 4) is 22.4 Å². The van der Waals surface area contributed by atoms with Crippen molar-refractivity contribution in [3.05, 3.63) is 75.4 Å². The summed E-state index contributed by atoms with van der Waals surface area (Å²) < 4.78 is 0. The Hall–Kier alpha value is -2.59. The third-order valence-electron chi connectivity index (χ3n) is 3.54. The fourth-order valence-electron chi connectivity index (χ4n) is 2.43. The molecule has 2 aromatic carbocycles. The molecule has 0 saturated carbocycles. The molecule has 1 N–H and O–H groups in total. The zero-order valence-corrected chi connectivity index (χ0v) is 12.6. The third kappa shape index (κ3) is 2.73. The van der Waals surface area contributed by atoms with Gasteiger partial charge in [0.25, 0.3) is 5.69 Å². The number of hydrogen-bond donors (Lipinski definition) is 1. The molecule has 5 heteroatoms. The molecular formula is C17H13ClN2O2. The summed E-state index contributed by atoms with van der Waals surface area (Å²) in [5, 5.41) is 11.6. The Kier molecular flexibility index (Phi) is 3.69. The number of nitro benzene ring substituents is 1. The molecule has 0 amide bonds. The van der Waals surface area contributed by atoms with Crippen molar-refractivity contribution < 1.29 is 4.92 Å². The molecular weight excluding hydrogens is 300 g/mol. The van der Waals surface area contributed by atoms with Crippen molar-refractivity contribution in [1.82, 2.24) is 4.98 Å². The minimum atomic E-state index is -0.383. The number of nitro groups is 1. The molecule has 0 spiro atoms. The van der Waals surface area contributed by atoms with Crippen LogP contribution in [-0.4, -0.2) is 9.91 Å². The van der Waals surface area contributed by atoms with Crippen LogP contribution in [0.1, 0.15) is 5.69 Å². The Morgan fingerprint density at radius 2 is 1.77 bits per heavy atom. The summed E-state index contributed by atoms with van der Waals surface area (Å²) in [4.78, 5) is 13.8. The summed E-state index contributed by atoms with van der Waals surface area (Å²) in [5.74, 6) is 0. The van der Waals surface area contributed by atoms with Crippen LogP contribution >= 0.6 is 11.6 Å². The van der Waals surface area contributed by atoms with Crippen LogP contribution in [0.3, 0.4) is 0 Å². The average Bonchev–Trinajstić information content (AvgIpc) is 2.90. The van der Waals surface area contributed by atoms with Gasteiger partial charge in [-0.1, -0.05) is 35.9 Å². The third-order valence-corrected chi connectivity index (χ3v) is 3.79. The van der Waals surface area contributed by atoms with E-state index in [-0.39, 0.29) is 10.6 Å². The van der Waals surface area contributed by atoms with Gasteiger partial charge in [0.2, 0.25) is 0 Å². The van der Waals surface area contributed by atoms with Crippen LogP contribution in [0.4, 0.5) is 5.69 Å². The largest absolute Gasteiger partial charge is 0.358 e. The molecule has 3 rings (SSSR count). The van der Waals surface area contributed by atoms with Crippen LogP contribution < -0.4 is 0 Å². The molecule has 0 atom stereocenters. The van der Waals surface area contributed by atoms with E-state index in [2.05, 4.69) is 4.98 Å². The highest BCUT2D eigenvalue weighted by Crippen LogP contribution is 2.31.